The van der Waals surface area contributed by atoms with Crippen LogP contribution in [0, 0.1) is 0 Å². The Hall–Kier alpha value is -1.71. The molecular formula is C16H29N3O6. The summed E-state index contributed by atoms with van der Waals surface area (Å²) >= 11 is 0. The minimum Gasteiger partial charge on any atom is -0.480 e. The second kappa shape index (κ2) is 11.0. The van der Waals surface area contributed by atoms with Crippen LogP contribution in [0.15, 0.2) is 0 Å². The van der Waals surface area contributed by atoms with Gasteiger partial charge in [0.25, 0.3) is 0 Å². The molecule has 0 bridgehead atoms. The van der Waals surface area contributed by atoms with Gasteiger partial charge in [0.05, 0.1) is 13.1 Å². The van der Waals surface area contributed by atoms with E-state index in [0.717, 1.165) is 12.8 Å². The SMILES string of the molecule is CCCCC(C(=O)O)N1CCN(CC(=O)O)CCN(CC(=O)O)CC1. The molecule has 25 heavy (non-hydrogen) atoms. The van der Waals surface area contributed by atoms with E-state index in [0.29, 0.717) is 45.7 Å². The molecule has 144 valence electrons. The maximum atomic E-state index is 11.7. The van der Waals surface area contributed by atoms with Crippen molar-refractivity contribution in [3.05, 3.63) is 0 Å². The molecule has 0 spiro atoms. The van der Waals surface area contributed by atoms with E-state index in [2.05, 4.69) is 0 Å². The predicted molar refractivity (Wildman–Crippen MR) is 90.7 cm³/mol. The van der Waals surface area contributed by atoms with Crippen LogP contribution in [0.4, 0.5) is 0 Å². The van der Waals surface area contributed by atoms with Crippen LogP contribution in [-0.4, -0.2) is 106 Å². The lowest BCUT2D eigenvalue weighted by molar-refractivity contribution is -0.144. The van der Waals surface area contributed by atoms with Gasteiger partial charge in [0.1, 0.15) is 6.04 Å². The van der Waals surface area contributed by atoms with Gasteiger partial charge in [-0.2, -0.15) is 0 Å². The van der Waals surface area contributed by atoms with Crippen LogP contribution in [0.3, 0.4) is 0 Å². The van der Waals surface area contributed by atoms with Gasteiger partial charge >= 0.3 is 17.9 Å². The highest BCUT2D eigenvalue weighted by Crippen LogP contribution is 2.11. The normalized spacial score (nSPS) is 19.6. The Balaban J connectivity index is 2.86. The summed E-state index contributed by atoms with van der Waals surface area (Å²) in [6.07, 6.45) is 2.22. The van der Waals surface area contributed by atoms with E-state index >= 15 is 0 Å². The van der Waals surface area contributed by atoms with Crippen LogP contribution in [0.1, 0.15) is 26.2 Å². The Labute approximate surface area is 147 Å². The van der Waals surface area contributed by atoms with Crippen molar-refractivity contribution in [2.75, 3.05) is 52.4 Å². The molecule has 1 rings (SSSR count). The van der Waals surface area contributed by atoms with E-state index in [1.807, 2.05) is 11.8 Å². The number of carboxylic acids is 3. The topological polar surface area (TPSA) is 122 Å². The molecule has 1 aliphatic heterocycles. The molecule has 0 aliphatic carbocycles. The van der Waals surface area contributed by atoms with Crippen LogP contribution in [-0.2, 0) is 14.4 Å². The molecule has 9 heteroatoms. The highest BCUT2D eigenvalue weighted by atomic mass is 16.4. The first kappa shape index (κ1) is 21.3. The molecule has 0 aromatic heterocycles. The van der Waals surface area contributed by atoms with Gasteiger partial charge in [-0.15, -0.1) is 0 Å². The molecule has 0 amide bonds. The number of hydrogen-bond donors (Lipinski definition) is 3. The first-order valence-corrected chi connectivity index (χ1v) is 8.68. The first-order chi connectivity index (χ1) is 11.8. The number of hydrogen-bond acceptors (Lipinski definition) is 6. The van der Waals surface area contributed by atoms with Crippen molar-refractivity contribution in [2.45, 2.75) is 32.2 Å². The van der Waals surface area contributed by atoms with Gasteiger partial charge in [0.15, 0.2) is 0 Å². The molecule has 1 fully saturated rings. The van der Waals surface area contributed by atoms with Crippen molar-refractivity contribution in [3.63, 3.8) is 0 Å². The van der Waals surface area contributed by atoms with E-state index in [1.165, 1.54) is 0 Å². The lowest BCUT2D eigenvalue weighted by Gasteiger charge is -2.30. The molecule has 1 heterocycles. The minimum absolute atomic E-state index is 0.137. The van der Waals surface area contributed by atoms with Crippen molar-refractivity contribution >= 4 is 17.9 Å². The number of rotatable bonds is 9. The van der Waals surface area contributed by atoms with Crippen molar-refractivity contribution in [1.29, 1.82) is 0 Å². The average molecular weight is 359 g/mol. The summed E-state index contributed by atoms with van der Waals surface area (Å²) in [4.78, 5) is 39.0. The number of aliphatic carboxylic acids is 3. The molecule has 1 atom stereocenters. The number of carboxylic acid groups (broad SMARTS) is 3. The Bertz CT molecular complexity index is 431. The Morgan fingerprint density at radius 2 is 1.28 bits per heavy atom. The fraction of sp³-hybridized carbons (Fsp3) is 0.812. The fourth-order valence-corrected chi connectivity index (χ4v) is 3.03. The summed E-state index contributed by atoms with van der Waals surface area (Å²) in [5.41, 5.74) is 0. The van der Waals surface area contributed by atoms with Crippen molar-refractivity contribution < 1.29 is 29.7 Å². The van der Waals surface area contributed by atoms with Crippen molar-refractivity contribution in [2.24, 2.45) is 0 Å². The number of carbonyl (C=O) groups is 3. The summed E-state index contributed by atoms with van der Waals surface area (Å²) in [6.45, 7) is 4.42. The molecule has 0 aromatic carbocycles. The minimum atomic E-state index is -0.948. The van der Waals surface area contributed by atoms with Crippen LogP contribution in [0.5, 0.6) is 0 Å². The molecule has 9 nitrogen and oxygen atoms in total. The molecule has 1 aliphatic rings. The highest BCUT2D eigenvalue weighted by molar-refractivity contribution is 5.73. The summed E-state index contributed by atoms with van der Waals surface area (Å²) in [5.74, 6) is -2.78. The lowest BCUT2D eigenvalue weighted by Crippen LogP contribution is -2.47. The maximum absolute atomic E-state index is 11.7. The summed E-state index contributed by atoms with van der Waals surface area (Å²) in [5, 5.41) is 27.6. The molecule has 0 radical (unpaired) electrons. The average Bonchev–Trinajstić information content (AvgIpc) is 2.59. The predicted octanol–water partition coefficient (Wildman–Crippen LogP) is -0.281. The monoisotopic (exact) mass is 359 g/mol. The second-order valence-electron chi connectivity index (χ2n) is 6.37. The fourth-order valence-electron chi connectivity index (χ4n) is 3.03. The lowest BCUT2D eigenvalue weighted by atomic mass is 10.1. The van der Waals surface area contributed by atoms with E-state index < -0.39 is 23.9 Å². The smallest absolute Gasteiger partial charge is 0.320 e. The zero-order valence-electron chi connectivity index (χ0n) is 14.8. The number of nitrogens with zero attached hydrogens (tertiary/aromatic N) is 3. The summed E-state index contributed by atoms with van der Waals surface area (Å²) in [7, 11) is 0. The van der Waals surface area contributed by atoms with Gasteiger partial charge in [-0.25, -0.2) is 0 Å². The van der Waals surface area contributed by atoms with Crippen molar-refractivity contribution in [1.82, 2.24) is 14.7 Å². The van der Waals surface area contributed by atoms with Gasteiger partial charge in [-0.05, 0) is 6.42 Å². The summed E-state index contributed by atoms with van der Waals surface area (Å²) < 4.78 is 0. The quantitative estimate of drug-likeness (QED) is 0.510. The van der Waals surface area contributed by atoms with Gasteiger partial charge in [0.2, 0.25) is 0 Å². The van der Waals surface area contributed by atoms with Gasteiger partial charge in [-0.3, -0.25) is 29.1 Å². The first-order valence-electron chi connectivity index (χ1n) is 8.68. The largest absolute Gasteiger partial charge is 0.480 e. The van der Waals surface area contributed by atoms with Crippen molar-refractivity contribution in [3.8, 4) is 0 Å². The van der Waals surface area contributed by atoms with E-state index in [1.54, 1.807) is 9.80 Å². The molecule has 0 saturated carbocycles. The third-order valence-corrected chi connectivity index (χ3v) is 4.41. The van der Waals surface area contributed by atoms with E-state index in [9.17, 15) is 19.5 Å². The Morgan fingerprint density at radius 1 is 0.840 bits per heavy atom. The van der Waals surface area contributed by atoms with Crippen LogP contribution >= 0.6 is 0 Å². The van der Waals surface area contributed by atoms with Crippen LogP contribution < -0.4 is 0 Å². The van der Waals surface area contributed by atoms with Crippen LogP contribution in [0.2, 0.25) is 0 Å². The molecule has 1 unspecified atom stereocenters. The third-order valence-electron chi connectivity index (χ3n) is 4.41. The van der Waals surface area contributed by atoms with Gasteiger partial charge in [-0.1, -0.05) is 19.8 Å². The number of unbranched alkanes of at least 4 members (excludes halogenated alkanes) is 1. The summed E-state index contributed by atoms with van der Waals surface area (Å²) in [6, 6.07) is -0.628. The Kier molecular flexibility index (Phi) is 9.40. The maximum Gasteiger partial charge on any atom is 0.320 e. The molecule has 3 N–H and O–H groups in total. The molecule has 1 saturated heterocycles. The van der Waals surface area contributed by atoms with Crippen LogP contribution in [0.25, 0.3) is 0 Å². The second-order valence-corrected chi connectivity index (χ2v) is 6.37. The van der Waals surface area contributed by atoms with E-state index in [4.69, 9.17) is 10.2 Å². The van der Waals surface area contributed by atoms with Gasteiger partial charge < -0.3 is 15.3 Å². The molecular weight excluding hydrogens is 330 g/mol. The van der Waals surface area contributed by atoms with Gasteiger partial charge in [0, 0.05) is 39.3 Å². The third kappa shape index (κ3) is 8.28. The zero-order chi connectivity index (χ0) is 18.8. The van der Waals surface area contributed by atoms with E-state index in [-0.39, 0.29) is 13.1 Å². The zero-order valence-corrected chi connectivity index (χ0v) is 14.8. The Morgan fingerprint density at radius 3 is 1.64 bits per heavy atom. The highest BCUT2D eigenvalue weighted by Gasteiger charge is 2.27. The standard InChI is InChI=1S/C16H29N3O6/c1-2-3-4-13(16(24)25)19-9-7-17(11-14(20)21)5-6-18(8-10-19)12-15(22)23/h13H,2-12H2,1H3,(H,20,21)(H,22,23)(H,24,25). The molecule has 0 aromatic rings.